The molecule has 0 saturated heterocycles. The normalized spacial score (nSPS) is 10.2. The number of halogens is 1. The zero-order chi connectivity index (χ0) is 12.3. The van der Waals surface area contributed by atoms with E-state index >= 15 is 0 Å². The van der Waals surface area contributed by atoms with Gasteiger partial charge in [0.25, 0.3) is 0 Å². The van der Waals surface area contributed by atoms with Gasteiger partial charge in [-0.2, -0.15) is 9.64 Å². The van der Waals surface area contributed by atoms with Gasteiger partial charge in [0.2, 0.25) is 0 Å². The summed E-state index contributed by atoms with van der Waals surface area (Å²) in [6.07, 6.45) is 0. The van der Waals surface area contributed by atoms with E-state index in [1.165, 1.54) is 0 Å². The maximum Gasteiger partial charge on any atom is 0.126 e. The molecule has 0 radical (unpaired) electrons. The van der Waals surface area contributed by atoms with Crippen molar-refractivity contribution in [3.63, 3.8) is 0 Å². The Labute approximate surface area is 102 Å². The molecule has 0 aliphatic carbocycles. The summed E-state index contributed by atoms with van der Waals surface area (Å²) in [5.74, 6) is 0. The lowest BCUT2D eigenvalue weighted by Crippen LogP contribution is -1.90. The van der Waals surface area contributed by atoms with Gasteiger partial charge in [-0.15, -0.1) is 0 Å². The minimum Gasteiger partial charge on any atom is -0.392 e. The molecule has 0 aliphatic heterocycles. The quantitative estimate of drug-likeness (QED) is 0.908. The Balaban J connectivity index is 2.45. The van der Waals surface area contributed by atoms with Gasteiger partial charge in [-0.25, -0.2) is 4.39 Å². The van der Waals surface area contributed by atoms with Crippen molar-refractivity contribution in [3.05, 3.63) is 40.3 Å². The van der Waals surface area contributed by atoms with Gasteiger partial charge < -0.3 is 5.11 Å². The fourth-order valence-corrected chi connectivity index (χ4v) is 2.28. The van der Waals surface area contributed by atoms with Crippen LogP contribution < -0.4 is 0 Å². The van der Waals surface area contributed by atoms with Gasteiger partial charge in [0.1, 0.15) is 6.67 Å². The number of hydrogen-bond donors (Lipinski definition) is 1. The van der Waals surface area contributed by atoms with E-state index in [2.05, 4.69) is 4.37 Å². The van der Waals surface area contributed by atoms with Gasteiger partial charge in [0.15, 0.2) is 0 Å². The molecule has 1 aromatic heterocycles. The van der Waals surface area contributed by atoms with Crippen molar-refractivity contribution in [2.75, 3.05) is 0 Å². The first-order valence-electron chi connectivity index (χ1n) is 4.95. The Morgan fingerprint density at radius 1 is 1.35 bits per heavy atom. The average molecular weight is 248 g/mol. The van der Waals surface area contributed by atoms with Crippen LogP contribution in [0.25, 0.3) is 11.3 Å². The number of aliphatic hydroxyl groups excluding tert-OH is 1. The second-order valence-corrected chi connectivity index (χ2v) is 4.27. The molecule has 0 spiro atoms. The third kappa shape index (κ3) is 2.18. The lowest BCUT2D eigenvalue weighted by atomic mass is 10.1. The van der Waals surface area contributed by atoms with Crippen molar-refractivity contribution in [1.29, 1.82) is 5.26 Å². The van der Waals surface area contributed by atoms with Gasteiger partial charge in [-0.05, 0) is 23.7 Å². The molecule has 1 N–H and O–H groups in total. The lowest BCUT2D eigenvalue weighted by Gasteiger charge is -2.01. The van der Waals surface area contributed by atoms with Crippen LogP contribution in [0.1, 0.15) is 16.0 Å². The zero-order valence-electron chi connectivity index (χ0n) is 8.85. The third-order valence-corrected chi connectivity index (χ3v) is 3.29. The van der Waals surface area contributed by atoms with E-state index in [1.54, 1.807) is 24.3 Å². The SMILES string of the molecule is N#Cc1ccc(-c2nsc(CF)c2CO)cc1. The Bertz CT molecular complexity index is 557. The van der Waals surface area contributed by atoms with Crippen LogP contribution in [0.3, 0.4) is 0 Å². The number of benzene rings is 1. The molecule has 0 fully saturated rings. The van der Waals surface area contributed by atoms with Gasteiger partial charge in [0, 0.05) is 11.1 Å². The van der Waals surface area contributed by atoms with E-state index in [0.717, 1.165) is 17.1 Å². The first kappa shape index (κ1) is 11.7. The molecule has 1 heterocycles. The van der Waals surface area contributed by atoms with Gasteiger partial charge >= 0.3 is 0 Å². The van der Waals surface area contributed by atoms with Gasteiger partial charge in [0.05, 0.1) is 28.8 Å². The standard InChI is InChI=1S/C12H9FN2OS/c13-5-11-10(7-16)12(15-17-11)9-3-1-8(6-14)2-4-9/h1-4,16H,5,7H2. The molecule has 1 aromatic carbocycles. The van der Waals surface area contributed by atoms with Crippen LogP contribution in [0.4, 0.5) is 4.39 Å². The highest BCUT2D eigenvalue weighted by molar-refractivity contribution is 7.06. The molecule has 0 atom stereocenters. The Morgan fingerprint density at radius 2 is 2.06 bits per heavy atom. The average Bonchev–Trinajstić information content (AvgIpc) is 2.81. The summed E-state index contributed by atoms with van der Waals surface area (Å²) in [5, 5.41) is 17.9. The molecular weight excluding hydrogens is 239 g/mol. The Morgan fingerprint density at radius 3 is 2.59 bits per heavy atom. The van der Waals surface area contributed by atoms with Crippen LogP contribution in [-0.2, 0) is 13.3 Å². The molecule has 0 bridgehead atoms. The fourth-order valence-electron chi connectivity index (χ4n) is 1.54. The van der Waals surface area contributed by atoms with Crippen LogP contribution in [0.2, 0.25) is 0 Å². The first-order valence-corrected chi connectivity index (χ1v) is 5.72. The smallest absolute Gasteiger partial charge is 0.126 e. The maximum atomic E-state index is 12.6. The van der Waals surface area contributed by atoms with Crippen LogP contribution in [0, 0.1) is 11.3 Å². The Kier molecular flexibility index (Phi) is 3.47. The third-order valence-electron chi connectivity index (χ3n) is 2.44. The number of hydrogen-bond acceptors (Lipinski definition) is 4. The fraction of sp³-hybridized carbons (Fsp3) is 0.167. The highest BCUT2D eigenvalue weighted by atomic mass is 32.1. The Hall–Kier alpha value is -1.77. The molecule has 0 aliphatic rings. The number of aliphatic hydroxyl groups is 1. The summed E-state index contributed by atoms with van der Waals surface area (Å²) in [7, 11) is 0. The predicted octanol–water partition coefficient (Wildman–Crippen LogP) is 2.64. The van der Waals surface area contributed by atoms with Crippen LogP contribution >= 0.6 is 11.5 Å². The van der Waals surface area contributed by atoms with Crippen LogP contribution in [0.5, 0.6) is 0 Å². The number of nitrogens with zero attached hydrogens (tertiary/aromatic N) is 2. The summed E-state index contributed by atoms with van der Waals surface area (Å²) in [6, 6.07) is 8.86. The second-order valence-electron chi connectivity index (χ2n) is 3.41. The highest BCUT2D eigenvalue weighted by Gasteiger charge is 2.14. The van der Waals surface area contributed by atoms with E-state index in [9.17, 15) is 9.50 Å². The minimum atomic E-state index is -0.621. The van der Waals surface area contributed by atoms with Crippen LogP contribution in [0.15, 0.2) is 24.3 Å². The van der Waals surface area contributed by atoms with Crippen LogP contribution in [-0.4, -0.2) is 9.48 Å². The first-order chi connectivity index (χ1) is 8.30. The molecule has 17 heavy (non-hydrogen) atoms. The molecule has 3 nitrogen and oxygen atoms in total. The largest absolute Gasteiger partial charge is 0.392 e. The number of rotatable bonds is 3. The summed E-state index contributed by atoms with van der Waals surface area (Å²) in [4.78, 5) is 0.451. The minimum absolute atomic E-state index is 0.231. The molecule has 0 unspecified atom stereocenters. The van der Waals surface area contributed by atoms with E-state index < -0.39 is 6.67 Å². The maximum absolute atomic E-state index is 12.6. The van der Waals surface area contributed by atoms with Crippen molar-refractivity contribution in [2.24, 2.45) is 0 Å². The van der Waals surface area contributed by atoms with E-state index in [1.807, 2.05) is 6.07 Å². The van der Waals surface area contributed by atoms with Crippen molar-refractivity contribution in [1.82, 2.24) is 4.37 Å². The van der Waals surface area contributed by atoms with E-state index in [4.69, 9.17) is 5.26 Å². The molecule has 2 rings (SSSR count). The number of nitriles is 1. The predicted molar refractivity (Wildman–Crippen MR) is 63.0 cm³/mol. The summed E-state index contributed by atoms with van der Waals surface area (Å²) in [6.45, 7) is -0.852. The topological polar surface area (TPSA) is 56.9 Å². The van der Waals surface area contributed by atoms with Gasteiger partial charge in [-0.1, -0.05) is 12.1 Å². The summed E-state index contributed by atoms with van der Waals surface area (Å²) < 4.78 is 16.8. The molecule has 5 heteroatoms. The van der Waals surface area contributed by atoms with E-state index in [-0.39, 0.29) is 6.61 Å². The van der Waals surface area contributed by atoms with Crippen molar-refractivity contribution < 1.29 is 9.50 Å². The van der Waals surface area contributed by atoms with Gasteiger partial charge in [-0.3, -0.25) is 0 Å². The molecule has 86 valence electrons. The zero-order valence-corrected chi connectivity index (χ0v) is 9.67. The lowest BCUT2D eigenvalue weighted by molar-refractivity contribution is 0.280. The summed E-state index contributed by atoms with van der Waals surface area (Å²) >= 11 is 1.06. The van der Waals surface area contributed by atoms with E-state index in [0.29, 0.717) is 21.7 Å². The number of alkyl halides is 1. The molecular formula is C12H9FN2OS. The number of aromatic nitrogens is 1. The molecule has 0 saturated carbocycles. The van der Waals surface area contributed by atoms with Crippen molar-refractivity contribution in [2.45, 2.75) is 13.3 Å². The van der Waals surface area contributed by atoms with Crippen molar-refractivity contribution >= 4 is 11.5 Å². The summed E-state index contributed by atoms with van der Waals surface area (Å²) in [5.41, 5.74) is 2.46. The molecule has 2 aromatic rings. The second kappa shape index (κ2) is 5.04. The highest BCUT2D eigenvalue weighted by Crippen LogP contribution is 2.29. The monoisotopic (exact) mass is 248 g/mol. The molecule has 0 amide bonds. The van der Waals surface area contributed by atoms with Crippen molar-refractivity contribution in [3.8, 4) is 17.3 Å².